The van der Waals surface area contributed by atoms with E-state index in [1.165, 1.54) is 6.20 Å². The maximum absolute atomic E-state index is 11.6. The lowest BCUT2D eigenvalue weighted by Gasteiger charge is -2.04. The number of carbonyl (C=O) groups is 2. The molecule has 0 saturated heterocycles. The number of amides is 1. The van der Waals surface area contributed by atoms with Gasteiger partial charge in [0.2, 0.25) is 0 Å². The van der Waals surface area contributed by atoms with Crippen LogP contribution in [0.1, 0.15) is 26.4 Å². The van der Waals surface area contributed by atoms with Crippen molar-refractivity contribution in [1.29, 1.82) is 0 Å². The summed E-state index contributed by atoms with van der Waals surface area (Å²) in [5, 5.41) is 17.8. The molecule has 0 radical (unpaired) electrons. The van der Waals surface area contributed by atoms with Crippen LogP contribution in [-0.4, -0.2) is 33.7 Å². The Labute approximate surface area is 109 Å². The van der Waals surface area contributed by atoms with E-state index in [0.717, 1.165) is 5.56 Å². The molecule has 19 heavy (non-hydrogen) atoms. The summed E-state index contributed by atoms with van der Waals surface area (Å²) in [6.07, 6.45) is 2.15. The molecule has 2 aromatic rings. The molecule has 0 aliphatic rings. The molecule has 2 rings (SSSR count). The summed E-state index contributed by atoms with van der Waals surface area (Å²) < 4.78 is 0. The lowest BCUT2D eigenvalue weighted by atomic mass is 10.1. The van der Waals surface area contributed by atoms with E-state index >= 15 is 0 Å². The number of aromatic nitrogens is 2. The van der Waals surface area contributed by atoms with Crippen LogP contribution in [0.25, 0.3) is 0 Å². The van der Waals surface area contributed by atoms with E-state index in [4.69, 9.17) is 5.11 Å². The van der Waals surface area contributed by atoms with Crippen molar-refractivity contribution in [2.24, 2.45) is 0 Å². The molecule has 0 aliphatic carbocycles. The summed E-state index contributed by atoms with van der Waals surface area (Å²) in [6, 6.07) is 8.18. The Balaban J connectivity index is 1.82. The fourth-order valence-corrected chi connectivity index (χ4v) is 1.61. The van der Waals surface area contributed by atoms with Crippen LogP contribution in [0.15, 0.2) is 36.5 Å². The summed E-state index contributed by atoms with van der Waals surface area (Å²) in [5.74, 6) is -1.15. The molecule has 1 amide bonds. The summed E-state index contributed by atoms with van der Waals surface area (Å²) in [4.78, 5) is 22.3. The number of hydrogen-bond donors (Lipinski definition) is 3. The number of carboxylic acids is 1. The minimum atomic E-state index is -0.945. The number of nitrogens with zero attached hydrogens (tertiary/aromatic N) is 1. The monoisotopic (exact) mass is 259 g/mol. The van der Waals surface area contributed by atoms with Gasteiger partial charge in [0, 0.05) is 12.7 Å². The van der Waals surface area contributed by atoms with E-state index in [-0.39, 0.29) is 11.5 Å². The molecular weight excluding hydrogens is 246 g/mol. The number of benzene rings is 1. The highest BCUT2D eigenvalue weighted by atomic mass is 16.4. The van der Waals surface area contributed by atoms with Crippen LogP contribution < -0.4 is 5.32 Å². The Morgan fingerprint density at radius 2 is 1.95 bits per heavy atom. The number of hydrogen-bond acceptors (Lipinski definition) is 3. The zero-order valence-electron chi connectivity index (χ0n) is 10.1. The van der Waals surface area contributed by atoms with Gasteiger partial charge in [-0.3, -0.25) is 9.89 Å². The van der Waals surface area contributed by atoms with E-state index in [1.54, 1.807) is 30.3 Å². The number of nitrogens with one attached hydrogen (secondary N) is 2. The molecule has 0 atom stereocenters. The van der Waals surface area contributed by atoms with Gasteiger partial charge in [0.1, 0.15) is 5.69 Å². The number of H-pyrrole nitrogens is 1. The number of rotatable bonds is 5. The van der Waals surface area contributed by atoms with E-state index < -0.39 is 5.97 Å². The third kappa shape index (κ3) is 3.41. The van der Waals surface area contributed by atoms with Crippen molar-refractivity contribution in [3.05, 3.63) is 53.3 Å². The first-order valence-electron chi connectivity index (χ1n) is 5.76. The Bertz CT molecular complexity index is 561. The van der Waals surface area contributed by atoms with Crippen LogP contribution in [0.2, 0.25) is 0 Å². The number of aromatic carboxylic acids is 1. The molecular formula is C13H13N3O3. The quantitative estimate of drug-likeness (QED) is 0.748. The van der Waals surface area contributed by atoms with Crippen LogP contribution in [0.3, 0.4) is 0 Å². The molecule has 0 unspecified atom stereocenters. The highest BCUT2D eigenvalue weighted by Gasteiger charge is 2.06. The fraction of sp³-hybridized carbons (Fsp3) is 0.154. The van der Waals surface area contributed by atoms with Gasteiger partial charge >= 0.3 is 5.97 Å². The summed E-state index contributed by atoms with van der Waals surface area (Å²) in [6.45, 7) is 0.476. The highest BCUT2D eigenvalue weighted by molar-refractivity contribution is 5.92. The fourth-order valence-electron chi connectivity index (χ4n) is 1.61. The lowest BCUT2D eigenvalue weighted by molar-refractivity contribution is 0.0696. The largest absolute Gasteiger partial charge is 0.478 e. The van der Waals surface area contributed by atoms with Crippen molar-refractivity contribution in [2.45, 2.75) is 6.42 Å². The Hall–Kier alpha value is -2.63. The number of aromatic amines is 1. The van der Waals surface area contributed by atoms with Gasteiger partial charge in [-0.15, -0.1) is 0 Å². The molecule has 0 saturated carbocycles. The predicted octanol–water partition coefficient (Wildman–Crippen LogP) is 1.08. The Morgan fingerprint density at radius 1 is 1.21 bits per heavy atom. The van der Waals surface area contributed by atoms with Crippen molar-refractivity contribution in [1.82, 2.24) is 15.5 Å². The SMILES string of the molecule is O=C(O)c1ccc(CCNC(=O)c2ccn[nH]2)cc1. The second-order valence-electron chi connectivity index (χ2n) is 3.98. The first-order valence-corrected chi connectivity index (χ1v) is 5.76. The van der Waals surface area contributed by atoms with E-state index in [9.17, 15) is 9.59 Å². The van der Waals surface area contributed by atoms with Gasteiger partial charge in [-0.25, -0.2) is 4.79 Å². The molecule has 1 aromatic heterocycles. The first-order chi connectivity index (χ1) is 9.16. The number of carbonyl (C=O) groups excluding carboxylic acids is 1. The van der Waals surface area contributed by atoms with Gasteiger partial charge in [0.25, 0.3) is 5.91 Å². The van der Waals surface area contributed by atoms with Crippen LogP contribution in [0.4, 0.5) is 0 Å². The zero-order chi connectivity index (χ0) is 13.7. The average molecular weight is 259 g/mol. The minimum Gasteiger partial charge on any atom is -0.478 e. The van der Waals surface area contributed by atoms with Crippen molar-refractivity contribution in [3.63, 3.8) is 0 Å². The molecule has 6 nitrogen and oxygen atoms in total. The van der Waals surface area contributed by atoms with Gasteiger partial charge in [0.15, 0.2) is 0 Å². The molecule has 98 valence electrons. The molecule has 0 spiro atoms. The summed E-state index contributed by atoms with van der Waals surface area (Å²) in [5.41, 5.74) is 1.64. The van der Waals surface area contributed by atoms with Crippen LogP contribution in [-0.2, 0) is 6.42 Å². The highest BCUT2D eigenvalue weighted by Crippen LogP contribution is 2.04. The average Bonchev–Trinajstić information content (AvgIpc) is 2.93. The van der Waals surface area contributed by atoms with E-state index in [0.29, 0.717) is 18.7 Å². The molecule has 0 bridgehead atoms. The maximum Gasteiger partial charge on any atom is 0.335 e. The van der Waals surface area contributed by atoms with Crippen molar-refractivity contribution < 1.29 is 14.7 Å². The normalized spacial score (nSPS) is 10.1. The zero-order valence-corrected chi connectivity index (χ0v) is 10.1. The van der Waals surface area contributed by atoms with E-state index in [1.807, 2.05) is 0 Å². The molecule has 6 heteroatoms. The van der Waals surface area contributed by atoms with Crippen LogP contribution in [0.5, 0.6) is 0 Å². The first kappa shape index (κ1) is 12.8. The summed E-state index contributed by atoms with van der Waals surface area (Å²) in [7, 11) is 0. The van der Waals surface area contributed by atoms with Crippen molar-refractivity contribution >= 4 is 11.9 Å². The maximum atomic E-state index is 11.6. The Morgan fingerprint density at radius 3 is 2.53 bits per heavy atom. The van der Waals surface area contributed by atoms with Gasteiger partial charge in [-0.05, 0) is 30.2 Å². The van der Waals surface area contributed by atoms with Gasteiger partial charge in [0.05, 0.1) is 5.56 Å². The van der Waals surface area contributed by atoms with Crippen LogP contribution in [0, 0.1) is 0 Å². The second kappa shape index (κ2) is 5.81. The van der Waals surface area contributed by atoms with E-state index in [2.05, 4.69) is 15.5 Å². The van der Waals surface area contributed by atoms with Crippen molar-refractivity contribution in [3.8, 4) is 0 Å². The van der Waals surface area contributed by atoms with Gasteiger partial charge in [-0.1, -0.05) is 12.1 Å². The van der Waals surface area contributed by atoms with Crippen molar-refractivity contribution in [2.75, 3.05) is 6.54 Å². The molecule has 1 aromatic carbocycles. The second-order valence-corrected chi connectivity index (χ2v) is 3.98. The van der Waals surface area contributed by atoms with Crippen LogP contribution >= 0.6 is 0 Å². The third-order valence-electron chi connectivity index (χ3n) is 2.65. The molecule has 3 N–H and O–H groups in total. The summed E-state index contributed by atoms with van der Waals surface area (Å²) >= 11 is 0. The standard InChI is InChI=1S/C13H13N3O3/c17-12(11-6-8-15-16-11)14-7-5-9-1-3-10(4-2-9)13(18)19/h1-4,6,8H,5,7H2,(H,14,17)(H,15,16)(H,18,19). The molecule has 1 heterocycles. The third-order valence-corrected chi connectivity index (χ3v) is 2.65. The smallest absolute Gasteiger partial charge is 0.335 e. The molecule has 0 aliphatic heterocycles. The van der Waals surface area contributed by atoms with Gasteiger partial charge < -0.3 is 10.4 Å². The molecule has 0 fully saturated rings. The predicted molar refractivity (Wildman–Crippen MR) is 68.0 cm³/mol. The Kier molecular flexibility index (Phi) is 3.92. The minimum absolute atomic E-state index is 0.209. The topological polar surface area (TPSA) is 95.1 Å². The number of carboxylic acid groups (broad SMARTS) is 1. The lowest BCUT2D eigenvalue weighted by Crippen LogP contribution is -2.26. The van der Waals surface area contributed by atoms with Gasteiger partial charge in [-0.2, -0.15) is 5.10 Å².